The Morgan fingerprint density at radius 2 is 2.08 bits per heavy atom. The number of nitrogens with zero attached hydrogens (tertiary/aromatic N) is 1. The van der Waals surface area contributed by atoms with Crippen molar-refractivity contribution in [3.05, 3.63) is 0 Å². The molecule has 1 heterocycles. The zero-order chi connectivity index (χ0) is 10.0. The van der Waals surface area contributed by atoms with Crippen molar-refractivity contribution in [2.24, 2.45) is 11.8 Å². The van der Waals surface area contributed by atoms with Crippen molar-refractivity contribution in [1.29, 1.82) is 0 Å². The van der Waals surface area contributed by atoms with Crippen molar-refractivity contribution >= 4 is 5.97 Å². The average molecular weight is 185 g/mol. The van der Waals surface area contributed by atoms with Gasteiger partial charge in [-0.2, -0.15) is 0 Å². The molecule has 2 atom stereocenters. The molecule has 0 aromatic carbocycles. The minimum Gasteiger partial charge on any atom is -0.481 e. The maximum atomic E-state index is 10.6. The number of carboxylic acids is 1. The van der Waals surface area contributed by atoms with Crippen LogP contribution in [0.15, 0.2) is 0 Å². The van der Waals surface area contributed by atoms with Gasteiger partial charge >= 0.3 is 5.97 Å². The quantitative estimate of drug-likeness (QED) is 0.720. The second-order valence-electron chi connectivity index (χ2n) is 4.12. The Hall–Kier alpha value is -0.570. The number of hydrogen-bond acceptors (Lipinski definition) is 2. The third kappa shape index (κ3) is 2.21. The van der Waals surface area contributed by atoms with Crippen LogP contribution in [-0.2, 0) is 4.79 Å². The Balaban J connectivity index is 2.30. The maximum Gasteiger partial charge on any atom is 0.309 e. The highest BCUT2D eigenvalue weighted by Gasteiger charge is 2.36. The molecule has 3 heteroatoms. The molecule has 13 heavy (non-hydrogen) atoms. The molecule has 0 spiro atoms. The summed E-state index contributed by atoms with van der Waals surface area (Å²) in [6.07, 6.45) is 1.16. The van der Waals surface area contributed by atoms with Crippen molar-refractivity contribution in [1.82, 2.24) is 4.90 Å². The van der Waals surface area contributed by atoms with Gasteiger partial charge in [0.05, 0.1) is 5.92 Å². The lowest BCUT2D eigenvalue weighted by Crippen LogP contribution is -2.55. The molecule has 0 radical (unpaired) electrons. The highest BCUT2D eigenvalue weighted by molar-refractivity contribution is 5.71. The largest absolute Gasteiger partial charge is 0.481 e. The van der Waals surface area contributed by atoms with Gasteiger partial charge < -0.3 is 5.11 Å². The van der Waals surface area contributed by atoms with Crippen molar-refractivity contribution < 1.29 is 9.90 Å². The molecule has 1 aliphatic heterocycles. The van der Waals surface area contributed by atoms with Crippen LogP contribution >= 0.6 is 0 Å². The van der Waals surface area contributed by atoms with E-state index in [0.29, 0.717) is 12.0 Å². The first-order valence-electron chi connectivity index (χ1n) is 5.03. The summed E-state index contributed by atoms with van der Waals surface area (Å²) in [4.78, 5) is 12.8. The van der Waals surface area contributed by atoms with E-state index in [9.17, 15) is 4.79 Å². The summed E-state index contributed by atoms with van der Waals surface area (Å²) in [6, 6.07) is 0.528. The average Bonchev–Trinajstić information content (AvgIpc) is 1.99. The van der Waals surface area contributed by atoms with Crippen LogP contribution in [0.25, 0.3) is 0 Å². The van der Waals surface area contributed by atoms with E-state index in [4.69, 9.17) is 5.11 Å². The minimum atomic E-state index is -0.646. The number of carboxylic acid groups (broad SMARTS) is 1. The summed E-state index contributed by atoms with van der Waals surface area (Å²) in [5.41, 5.74) is 0. The fraction of sp³-hybridized carbons (Fsp3) is 0.900. The SMILES string of the molecule is CCC(C)C(C)N1CC(C(=O)O)C1. The Morgan fingerprint density at radius 3 is 2.46 bits per heavy atom. The molecule has 1 saturated heterocycles. The number of carbonyl (C=O) groups is 1. The fourth-order valence-corrected chi connectivity index (χ4v) is 1.70. The Bertz CT molecular complexity index is 187. The first-order chi connectivity index (χ1) is 6.06. The van der Waals surface area contributed by atoms with Gasteiger partial charge in [-0.1, -0.05) is 20.3 Å². The van der Waals surface area contributed by atoms with Crippen LogP contribution in [0, 0.1) is 11.8 Å². The van der Waals surface area contributed by atoms with Crippen LogP contribution in [0.4, 0.5) is 0 Å². The molecular formula is C10H19NO2. The van der Waals surface area contributed by atoms with Gasteiger partial charge in [0.1, 0.15) is 0 Å². The molecule has 0 aliphatic carbocycles. The molecular weight excluding hydrogens is 166 g/mol. The lowest BCUT2D eigenvalue weighted by atomic mass is 9.92. The predicted octanol–water partition coefficient (Wildman–Crippen LogP) is 1.44. The summed E-state index contributed by atoms with van der Waals surface area (Å²) < 4.78 is 0. The van der Waals surface area contributed by atoms with Crippen LogP contribution in [0.1, 0.15) is 27.2 Å². The second kappa shape index (κ2) is 4.09. The summed E-state index contributed by atoms with van der Waals surface area (Å²) in [5, 5.41) is 8.70. The van der Waals surface area contributed by atoms with Gasteiger partial charge in [0, 0.05) is 19.1 Å². The third-order valence-corrected chi connectivity index (χ3v) is 3.30. The molecule has 76 valence electrons. The van der Waals surface area contributed by atoms with E-state index >= 15 is 0 Å². The highest BCUT2D eigenvalue weighted by atomic mass is 16.4. The molecule has 0 aromatic heterocycles. The van der Waals surface area contributed by atoms with Crippen LogP contribution in [-0.4, -0.2) is 35.1 Å². The minimum absolute atomic E-state index is 0.119. The van der Waals surface area contributed by atoms with Crippen LogP contribution in [0.2, 0.25) is 0 Å². The monoisotopic (exact) mass is 185 g/mol. The number of aliphatic carboxylic acids is 1. The van der Waals surface area contributed by atoms with Gasteiger partial charge in [0.15, 0.2) is 0 Å². The lowest BCUT2D eigenvalue weighted by Gasteiger charge is -2.43. The Kier molecular flexibility index (Phi) is 3.31. The second-order valence-corrected chi connectivity index (χ2v) is 4.12. The van der Waals surface area contributed by atoms with Gasteiger partial charge in [-0.05, 0) is 12.8 Å². The smallest absolute Gasteiger partial charge is 0.309 e. The molecule has 0 saturated carbocycles. The molecule has 3 nitrogen and oxygen atoms in total. The first-order valence-corrected chi connectivity index (χ1v) is 5.03. The molecule has 1 rings (SSSR count). The molecule has 1 aliphatic rings. The molecule has 2 unspecified atom stereocenters. The van der Waals surface area contributed by atoms with Crippen molar-refractivity contribution in [2.75, 3.05) is 13.1 Å². The van der Waals surface area contributed by atoms with E-state index < -0.39 is 5.97 Å². The summed E-state index contributed by atoms with van der Waals surface area (Å²) in [6.45, 7) is 8.06. The topological polar surface area (TPSA) is 40.5 Å². The van der Waals surface area contributed by atoms with Crippen LogP contribution in [0.5, 0.6) is 0 Å². The van der Waals surface area contributed by atoms with Crippen LogP contribution < -0.4 is 0 Å². The molecule has 1 N–H and O–H groups in total. The van der Waals surface area contributed by atoms with Gasteiger partial charge in [-0.25, -0.2) is 0 Å². The van der Waals surface area contributed by atoms with Gasteiger partial charge in [-0.15, -0.1) is 0 Å². The van der Waals surface area contributed by atoms with E-state index in [1.54, 1.807) is 0 Å². The lowest BCUT2D eigenvalue weighted by molar-refractivity contribution is -0.149. The summed E-state index contributed by atoms with van der Waals surface area (Å²) in [7, 11) is 0. The fourth-order valence-electron chi connectivity index (χ4n) is 1.70. The van der Waals surface area contributed by atoms with E-state index in [1.165, 1.54) is 0 Å². The van der Waals surface area contributed by atoms with Crippen molar-refractivity contribution in [3.8, 4) is 0 Å². The van der Waals surface area contributed by atoms with E-state index in [1.807, 2.05) is 0 Å². The standard InChI is InChI=1S/C10H19NO2/c1-4-7(2)8(3)11-5-9(6-11)10(12)13/h7-9H,4-6H2,1-3H3,(H,12,13). The number of rotatable bonds is 4. The predicted molar refractivity (Wildman–Crippen MR) is 51.6 cm³/mol. The third-order valence-electron chi connectivity index (χ3n) is 3.30. The van der Waals surface area contributed by atoms with Crippen molar-refractivity contribution in [3.63, 3.8) is 0 Å². The van der Waals surface area contributed by atoms with E-state index in [-0.39, 0.29) is 5.92 Å². The molecule has 1 fully saturated rings. The Labute approximate surface area is 79.7 Å². The van der Waals surface area contributed by atoms with Crippen molar-refractivity contribution in [2.45, 2.75) is 33.2 Å². The van der Waals surface area contributed by atoms with E-state index in [0.717, 1.165) is 19.5 Å². The first kappa shape index (κ1) is 10.5. The van der Waals surface area contributed by atoms with E-state index in [2.05, 4.69) is 25.7 Å². The molecule has 0 aromatic rings. The van der Waals surface area contributed by atoms with Gasteiger partial charge in [0.25, 0.3) is 0 Å². The number of hydrogen-bond donors (Lipinski definition) is 1. The zero-order valence-corrected chi connectivity index (χ0v) is 8.66. The van der Waals surface area contributed by atoms with Gasteiger partial charge in [-0.3, -0.25) is 9.69 Å². The van der Waals surface area contributed by atoms with Crippen LogP contribution in [0.3, 0.4) is 0 Å². The molecule has 0 amide bonds. The Morgan fingerprint density at radius 1 is 1.54 bits per heavy atom. The summed E-state index contributed by atoms with van der Waals surface area (Å²) >= 11 is 0. The molecule has 0 bridgehead atoms. The maximum absolute atomic E-state index is 10.6. The number of likely N-dealkylation sites (tertiary alicyclic amines) is 1. The normalized spacial score (nSPS) is 23.6. The summed E-state index contributed by atoms with van der Waals surface area (Å²) in [5.74, 6) is -0.103. The highest BCUT2D eigenvalue weighted by Crippen LogP contribution is 2.23. The van der Waals surface area contributed by atoms with Gasteiger partial charge in [0.2, 0.25) is 0 Å². The zero-order valence-electron chi connectivity index (χ0n) is 8.66.